The molecule has 0 saturated carbocycles. The van der Waals surface area contributed by atoms with Gasteiger partial charge in [-0.05, 0) is 31.5 Å². The molecule has 1 aliphatic rings. The van der Waals surface area contributed by atoms with Gasteiger partial charge in [0.1, 0.15) is 0 Å². The topological polar surface area (TPSA) is 57.6 Å². The van der Waals surface area contributed by atoms with Gasteiger partial charge >= 0.3 is 5.97 Å². The van der Waals surface area contributed by atoms with Crippen molar-refractivity contribution < 1.29 is 14.7 Å². The SMILES string of the molecule is CC1(C(=O)O)CCN(C(=O)c2cc(Cl)ccc2Cl)C1. The molecule has 1 unspecified atom stereocenters. The highest BCUT2D eigenvalue weighted by Gasteiger charge is 2.42. The van der Waals surface area contributed by atoms with Crippen LogP contribution < -0.4 is 0 Å². The van der Waals surface area contributed by atoms with Crippen molar-refractivity contribution in [3.8, 4) is 0 Å². The third kappa shape index (κ3) is 2.69. The molecule has 1 aliphatic heterocycles. The lowest BCUT2D eigenvalue weighted by molar-refractivity contribution is -0.147. The number of hydrogen-bond donors (Lipinski definition) is 1. The number of rotatable bonds is 2. The number of carboxylic acids is 1. The number of aliphatic carboxylic acids is 1. The quantitative estimate of drug-likeness (QED) is 0.914. The summed E-state index contributed by atoms with van der Waals surface area (Å²) in [5.74, 6) is -1.17. The standard InChI is InChI=1S/C13H13Cl2NO3/c1-13(12(18)19)4-5-16(7-13)11(17)9-6-8(14)2-3-10(9)15/h2-3,6H,4-5,7H2,1H3,(H,18,19). The molecule has 1 saturated heterocycles. The molecule has 0 bridgehead atoms. The average molecular weight is 302 g/mol. The zero-order valence-corrected chi connectivity index (χ0v) is 11.8. The number of carboxylic acid groups (broad SMARTS) is 1. The fourth-order valence-electron chi connectivity index (χ4n) is 2.14. The summed E-state index contributed by atoms with van der Waals surface area (Å²) in [7, 11) is 0. The molecule has 2 rings (SSSR count). The first-order chi connectivity index (χ1) is 8.83. The summed E-state index contributed by atoms with van der Waals surface area (Å²) in [6, 6.07) is 4.66. The van der Waals surface area contributed by atoms with Crippen molar-refractivity contribution in [2.24, 2.45) is 5.41 Å². The van der Waals surface area contributed by atoms with Crippen molar-refractivity contribution in [3.63, 3.8) is 0 Å². The minimum absolute atomic E-state index is 0.185. The van der Waals surface area contributed by atoms with Crippen molar-refractivity contribution in [1.29, 1.82) is 0 Å². The second kappa shape index (κ2) is 5.02. The van der Waals surface area contributed by atoms with Crippen LogP contribution in [0, 0.1) is 5.41 Å². The Morgan fingerprint density at radius 1 is 1.37 bits per heavy atom. The zero-order chi connectivity index (χ0) is 14.2. The highest BCUT2D eigenvalue weighted by atomic mass is 35.5. The fraction of sp³-hybridized carbons (Fsp3) is 0.385. The molecule has 1 aromatic carbocycles. The first kappa shape index (κ1) is 14.2. The Bertz CT molecular complexity index is 547. The molecule has 0 spiro atoms. The van der Waals surface area contributed by atoms with Gasteiger partial charge in [-0.2, -0.15) is 0 Å². The number of nitrogens with zero attached hydrogens (tertiary/aromatic N) is 1. The van der Waals surface area contributed by atoms with Crippen LogP contribution in [0.15, 0.2) is 18.2 Å². The minimum atomic E-state index is -0.889. The number of carbonyl (C=O) groups is 2. The largest absolute Gasteiger partial charge is 0.481 e. The van der Waals surface area contributed by atoms with Crippen LogP contribution in [0.3, 0.4) is 0 Å². The van der Waals surface area contributed by atoms with Crippen LogP contribution in [0.4, 0.5) is 0 Å². The van der Waals surface area contributed by atoms with E-state index in [1.807, 2.05) is 0 Å². The Kier molecular flexibility index (Phi) is 3.74. The number of likely N-dealkylation sites (tertiary alicyclic amines) is 1. The summed E-state index contributed by atoms with van der Waals surface area (Å²) in [6.45, 7) is 2.23. The van der Waals surface area contributed by atoms with Crippen LogP contribution >= 0.6 is 23.2 Å². The van der Waals surface area contributed by atoms with Gasteiger partial charge in [0.05, 0.1) is 16.0 Å². The van der Waals surface area contributed by atoms with Crippen LogP contribution in [0.2, 0.25) is 10.0 Å². The molecule has 102 valence electrons. The Morgan fingerprint density at radius 3 is 2.63 bits per heavy atom. The molecule has 1 heterocycles. The number of benzene rings is 1. The van der Waals surface area contributed by atoms with Gasteiger partial charge < -0.3 is 10.0 Å². The van der Waals surface area contributed by atoms with Gasteiger partial charge in [0.2, 0.25) is 0 Å². The van der Waals surface area contributed by atoms with Crippen molar-refractivity contribution >= 4 is 35.1 Å². The number of amides is 1. The van der Waals surface area contributed by atoms with E-state index < -0.39 is 11.4 Å². The van der Waals surface area contributed by atoms with Gasteiger partial charge in [0, 0.05) is 18.1 Å². The maximum Gasteiger partial charge on any atom is 0.311 e. The molecule has 4 nitrogen and oxygen atoms in total. The van der Waals surface area contributed by atoms with E-state index in [9.17, 15) is 9.59 Å². The normalized spacial score (nSPS) is 22.6. The van der Waals surface area contributed by atoms with Gasteiger partial charge in [-0.3, -0.25) is 9.59 Å². The number of carbonyl (C=O) groups excluding carboxylic acids is 1. The van der Waals surface area contributed by atoms with E-state index in [2.05, 4.69) is 0 Å². The van der Waals surface area contributed by atoms with Crippen LogP contribution in [0.5, 0.6) is 0 Å². The number of hydrogen-bond acceptors (Lipinski definition) is 2. The van der Waals surface area contributed by atoms with Crippen LogP contribution in [-0.2, 0) is 4.79 Å². The highest BCUT2D eigenvalue weighted by molar-refractivity contribution is 6.35. The smallest absolute Gasteiger partial charge is 0.311 e. The molecule has 6 heteroatoms. The minimum Gasteiger partial charge on any atom is -0.481 e. The Hall–Kier alpha value is -1.26. The summed E-state index contributed by atoms with van der Waals surface area (Å²) >= 11 is 11.8. The van der Waals surface area contributed by atoms with Crippen molar-refractivity contribution in [2.45, 2.75) is 13.3 Å². The Morgan fingerprint density at radius 2 is 2.05 bits per heavy atom. The summed E-state index contributed by atoms with van der Waals surface area (Å²) < 4.78 is 0. The molecule has 19 heavy (non-hydrogen) atoms. The molecular formula is C13H13Cl2NO3. The van der Waals surface area contributed by atoms with Gasteiger partial charge in [-0.1, -0.05) is 23.2 Å². The number of halogens is 2. The van der Waals surface area contributed by atoms with Crippen molar-refractivity contribution in [2.75, 3.05) is 13.1 Å². The maximum atomic E-state index is 12.3. The summed E-state index contributed by atoms with van der Waals surface area (Å²) in [4.78, 5) is 25.0. The predicted molar refractivity (Wildman–Crippen MR) is 72.7 cm³/mol. The Labute approximate surface area is 120 Å². The third-order valence-electron chi connectivity index (χ3n) is 3.44. The van der Waals surface area contributed by atoms with E-state index in [1.54, 1.807) is 19.1 Å². The van der Waals surface area contributed by atoms with Crippen LogP contribution in [0.25, 0.3) is 0 Å². The first-order valence-electron chi connectivity index (χ1n) is 5.81. The van der Waals surface area contributed by atoms with Crippen molar-refractivity contribution in [1.82, 2.24) is 4.90 Å². The fourth-order valence-corrected chi connectivity index (χ4v) is 2.51. The van der Waals surface area contributed by atoms with E-state index in [0.717, 1.165) is 0 Å². The highest BCUT2D eigenvalue weighted by Crippen LogP contribution is 2.32. The lowest BCUT2D eigenvalue weighted by Gasteiger charge is -2.20. The first-order valence-corrected chi connectivity index (χ1v) is 6.57. The monoisotopic (exact) mass is 301 g/mol. The van der Waals surface area contributed by atoms with E-state index in [0.29, 0.717) is 28.6 Å². The Balaban J connectivity index is 2.22. The molecule has 1 fully saturated rings. The lowest BCUT2D eigenvalue weighted by atomic mass is 9.90. The van der Waals surface area contributed by atoms with Gasteiger partial charge in [0.15, 0.2) is 0 Å². The zero-order valence-electron chi connectivity index (χ0n) is 10.3. The summed E-state index contributed by atoms with van der Waals surface area (Å²) in [6.07, 6.45) is 0.437. The molecular weight excluding hydrogens is 289 g/mol. The summed E-state index contributed by atoms with van der Waals surface area (Å²) in [5, 5.41) is 9.90. The predicted octanol–water partition coefficient (Wildman–Crippen LogP) is 2.93. The molecule has 1 atom stereocenters. The third-order valence-corrected chi connectivity index (χ3v) is 4.00. The second-order valence-electron chi connectivity index (χ2n) is 4.97. The maximum absolute atomic E-state index is 12.3. The van der Waals surface area contributed by atoms with E-state index in [1.165, 1.54) is 11.0 Å². The second-order valence-corrected chi connectivity index (χ2v) is 5.81. The molecule has 0 aromatic heterocycles. The van der Waals surface area contributed by atoms with E-state index >= 15 is 0 Å². The van der Waals surface area contributed by atoms with Gasteiger partial charge in [0.25, 0.3) is 5.91 Å². The molecule has 1 N–H and O–H groups in total. The molecule has 1 aromatic rings. The molecule has 1 amide bonds. The van der Waals surface area contributed by atoms with Gasteiger partial charge in [-0.15, -0.1) is 0 Å². The van der Waals surface area contributed by atoms with Crippen molar-refractivity contribution in [3.05, 3.63) is 33.8 Å². The average Bonchev–Trinajstić information content (AvgIpc) is 2.76. The van der Waals surface area contributed by atoms with E-state index in [4.69, 9.17) is 28.3 Å². The molecule has 0 radical (unpaired) electrons. The lowest BCUT2D eigenvalue weighted by Crippen LogP contribution is -2.35. The van der Waals surface area contributed by atoms with Gasteiger partial charge in [-0.25, -0.2) is 0 Å². The van der Waals surface area contributed by atoms with Crippen LogP contribution in [-0.4, -0.2) is 35.0 Å². The molecule has 0 aliphatic carbocycles. The van der Waals surface area contributed by atoms with E-state index in [-0.39, 0.29) is 12.5 Å². The summed E-state index contributed by atoms with van der Waals surface area (Å²) in [5.41, 5.74) is -0.579. The van der Waals surface area contributed by atoms with Crippen LogP contribution in [0.1, 0.15) is 23.7 Å².